The summed E-state index contributed by atoms with van der Waals surface area (Å²) in [5, 5.41) is 10.6. The Hall–Kier alpha value is -0.860. The molecule has 0 atom stereocenters. The minimum atomic E-state index is -4.02. The van der Waals surface area contributed by atoms with Crippen LogP contribution in [0.1, 0.15) is 0 Å². The zero-order valence-corrected chi connectivity index (χ0v) is 11.0. The van der Waals surface area contributed by atoms with Crippen LogP contribution < -0.4 is 4.74 Å². The predicted octanol–water partition coefficient (Wildman–Crippen LogP) is 2.29. The van der Waals surface area contributed by atoms with Crippen LogP contribution in [0.4, 0.5) is 5.69 Å². The molecule has 0 spiro atoms. The van der Waals surface area contributed by atoms with Gasteiger partial charge in [0.2, 0.25) is 0 Å². The number of nitro groups is 1. The zero-order chi connectivity index (χ0) is 12.5. The highest BCUT2D eigenvalue weighted by Gasteiger charge is 2.23. The summed E-state index contributed by atoms with van der Waals surface area (Å²) in [7, 11) is 2.32. The molecule has 0 aromatic heterocycles. The van der Waals surface area contributed by atoms with Crippen LogP contribution >= 0.6 is 26.6 Å². The van der Waals surface area contributed by atoms with E-state index in [-0.39, 0.29) is 20.8 Å². The highest BCUT2D eigenvalue weighted by atomic mass is 79.9. The van der Waals surface area contributed by atoms with Crippen molar-refractivity contribution >= 4 is 41.4 Å². The van der Waals surface area contributed by atoms with E-state index in [1.165, 1.54) is 7.11 Å². The number of nitrogens with zero attached hydrogens (tertiary/aromatic N) is 1. The fraction of sp³-hybridized carbons (Fsp3) is 0.143. The summed E-state index contributed by atoms with van der Waals surface area (Å²) in [6, 6.07) is 2.01. The van der Waals surface area contributed by atoms with Crippen LogP contribution in [0.15, 0.2) is 21.5 Å². The Balaban J connectivity index is 3.57. The average Bonchev–Trinajstić information content (AvgIpc) is 2.15. The van der Waals surface area contributed by atoms with Gasteiger partial charge in [-0.2, -0.15) is 0 Å². The molecule has 0 amide bonds. The van der Waals surface area contributed by atoms with Crippen molar-refractivity contribution in [1.29, 1.82) is 0 Å². The monoisotopic (exact) mass is 329 g/mol. The Morgan fingerprint density at radius 2 is 2.06 bits per heavy atom. The van der Waals surface area contributed by atoms with E-state index >= 15 is 0 Å². The molecular weight excluding hydrogens is 326 g/mol. The summed E-state index contributed by atoms with van der Waals surface area (Å²) in [6.45, 7) is 0. The van der Waals surface area contributed by atoms with E-state index in [9.17, 15) is 18.5 Å². The first-order chi connectivity index (χ1) is 7.27. The van der Waals surface area contributed by atoms with Crippen molar-refractivity contribution in [3.8, 4) is 5.75 Å². The third kappa shape index (κ3) is 2.63. The lowest BCUT2D eigenvalue weighted by Gasteiger charge is -2.06. The van der Waals surface area contributed by atoms with Gasteiger partial charge in [0.15, 0.2) is 0 Å². The average molecular weight is 331 g/mol. The highest BCUT2D eigenvalue weighted by Crippen LogP contribution is 2.36. The smallest absolute Gasteiger partial charge is 0.287 e. The number of halogens is 2. The minimum absolute atomic E-state index is 0.0116. The standard InChI is InChI=1S/C7H5BrClNO5S/c1-15-6-3-5(10(11)12)4(8)2-7(6)16(9,13)14/h2-3H,1H3. The molecule has 0 radical (unpaired) electrons. The fourth-order valence-corrected chi connectivity index (χ4v) is 2.66. The third-order valence-electron chi connectivity index (χ3n) is 1.69. The van der Waals surface area contributed by atoms with Crippen molar-refractivity contribution in [2.45, 2.75) is 4.90 Å². The molecule has 6 nitrogen and oxygen atoms in total. The maximum atomic E-state index is 11.1. The van der Waals surface area contributed by atoms with Crippen molar-refractivity contribution in [1.82, 2.24) is 0 Å². The Labute approximate surface area is 104 Å². The third-order valence-corrected chi connectivity index (χ3v) is 3.67. The summed E-state index contributed by atoms with van der Waals surface area (Å²) in [4.78, 5) is 9.59. The van der Waals surface area contributed by atoms with Gasteiger partial charge in [-0.3, -0.25) is 10.1 Å². The van der Waals surface area contributed by atoms with Gasteiger partial charge >= 0.3 is 0 Å². The van der Waals surface area contributed by atoms with Crippen LogP contribution in [0.3, 0.4) is 0 Å². The Morgan fingerprint density at radius 1 is 1.50 bits per heavy atom. The Kier molecular flexibility index (Phi) is 3.76. The molecule has 0 unspecified atom stereocenters. The number of rotatable bonds is 3. The number of hydrogen-bond acceptors (Lipinski definition) is 5. The van der Waals surface area contributed by atoms with Gasteiger partial charge in [-0.15, -0.1) is 0 Å². The van der Waals surface area contributed by atoms with Gasteiger partial charge in [0, 0.05) is 10.7 Å². The van der Waals surface area contributed by atoms with Crippen LogP contribution in [-0.2, 0) is 9.05 Å². The molecule has 0 fully saturated rings. The first-order valence-electron chi connectivity index (χ1n) is 3.74. The van der Waals surface area contributed by atoms with Gasteiger partial charge in [-0.25, -0.2) is 8.42 Å². The van der Waals surface area contributed by atoms with Gasteiger partial charge in [0.1, 0.15) is 10.6 Å². The first-order valence-corrected chi connectivity index (χ1v) is 6.84. The van der Waals surface area contributed by atoms with Crippen molar-refractivity contribution in [2.75, 3.05) is 7.11 Å². The lowest BCUT2D eigenvalue weighted by atomic mass is 10.3. The summed E-state index contributed by atoms with van der Waals surface area (Å²) in [6.07, 6.45) is 0. The molecule has 0 aliphatic heterocycles. The molecule has 16 heavy (non-hydrogen) atoms. The fourth-order valence-electron chi connectivity index (χ4n) is 1.01. The lowest BCUT2D eigenvalue weighted by molar-refractivity contribution is -0.385. The first kappa shape index (κ1) is 13.2. The van der Waals surface area contributed by atoms with Crippen molar-refractivity contribution in [3.05, 3.63) is 26.7 Å². The van der Waals surface area contributed by atoms with Crippen LogP contribution in [0, 0.1) is 10.1 Å². The number of hydrogen-bond donors (Lipinski definition) is 0. The van der Waals surface area contributed by atoms with Gasteiger partial charge in [0.25, 0.3) is 14.7 Å². The maximum Gasteiger partial charge on any atom is 0.287 e. The van der Waals surface area contributed by atoms with E-state index in [4.69, 9.17) is 15.4 Å². The second-order valence-corrected chi connectivity index (χ2v) is 6.04. The zero-order valence-electron chi connectivity index (χ0n) is 7.81. The van der Waals surface area contributed by atoms with E-state index in [0.717, 1.165) is 12.1 Å². The molecule has 9 heteroatoms. The van der Waals surface area contributed by atoms with Gasteiger partial charge < -0.3 is 4.74 Å². The number of benzene rings is 1. The minimum Gasteiger partial charge on any atom is -0.495 e. The normalized spacial score (nSPS) is 11.2. The highest BCUT2D eigenvalue weighted by molar-refractivity contribution is 9.10. The number of ether oxygens (including phenoxy) is 1. The van der Waals surface area contributed by atoms with Crippen molar-refractivity contribution < 1.29 is 18.1 Å². The van der Waals surface area contributed by atoms with E-state index in [2.05, 4.69) is 15.9 Å². The number of nitro benzene ring substituents is 1. The predicted molar refractivity (Wildman–Crippen MR) is 60.4 cm³/mol. The molecule has 0 bridgehead atoms. The van der Waals surface area contributed by atoms with E-state index in [0.29, 0.717) is 0 Å². The van der Waals surface area contributed by atoms with Crippen LogP contribution in [0.2, 0.25) is 0 Å². The van der Waals surface area contributed by atoms with Crippen LogP contribution in [0.25, 0.3) is 0 Å². The van der Waals surface area contributed by atoms with E-state index in [1.807, 2.05) is 0 Å². The van der Waals surface area contributed by atoms with Crippen LogP contribution in [0.5, 0.6) is 5.75 Å². The molecule has 0 saturated carbocycles. The molecule has 0 aliphatic carbocycles. The molecule has 0 heterocycles. The topological polar surface area (TPSA) is 86.5 Å². The molecule has 1 rings (SSSR count). The molecule has 88 valence electrons. The van der Waals surface area contributed by atoms with Gasteiger partial charge in [-0.1, -0.05) is 0 Å². The second-order valence-electron chi connectivity index (χ2n) is 2.65. The summed E-state index contributed by atoms with van der Waals surface area (Å²) in [5.41, 5.74) is -0.305. The summed E-state index contributed by atoms with van der Waals surface area (Å²) in [5.74, 6) is -0.176. The molecule has 0 N–H and O–H groups in total. The van der Waals surface area contributed by atoms with Crippen molar-refractivity contribution in [2.24, 2.45) is 0 Å². The molecule has 1 aromatic rings. The quantitative estimate of drug-likeness (QED) is 0.482. The SMILES string of the molecule is COc1cc([N+](=O)[O-])c(Br)cc1S(=O)(=O)Cl. The van der Waals surface area contributed by atoms with E-state index in [1.54, 1.807) is 0 Å². The Bertz CT molecular complexity index is 544. The Morgan fingerprint density at radius 3 is 2.44 bits per heavy atom. The van der Waals surface area contributed by atoms with Crippen molar-refractivity contribution in [3.63, 3.8) is 0 Å². The summed E-state index contributed by atoms with van der Waals surface area (Å²) >= 11 is 2.88. The summed E-state index contributed by atoms with van der Waals surface area (Å²) < 4.78 is 27.0. The maximum absolute atomic E-state index is 11.1. The molecule has 0 saturated heterocycles. The van der Waals surface area contributed by atoms with E-state index < -0.39 is 14.0 Å². The second kappa shape index (κ2) is 4.56. The van der Waals surface area contributed by atoms with Gasteiger partial charge in [-0.05, 0) is 22.0 Å². The molecular formula is C7H5BrClNO5S. The van der Waals surface area contributed by atoms with Crippen LogP contribution in [-0.4, -0.2) is 20.5 Å². The number of methoxy groups -OCH3 is 1. The largest absolute Gasteiger partial charge is 0.495 e. The van der Waals surface area contributed by atoms with Gasteiger partial charge in [0.05, 0.1) is 22.6 Å². The molecule has 1 aromatic carbocycles. The molecule has 0 aliphatic rings. The lowest BCUT2D eigenvalue weighted by Crippen LogP contribution is -1.99.